The maximum atomic E-state index is 12.3. The Morgan fingerprint density at radius 1 is 0.682 bits per heavy atom. The molecule has 110 valence electrons. The van der Waals surface area contributed by atoms with Gasteiger partial charge in [0.2, 0.25) is 0 Å². The Morgan fingerprint density at radius 2 is 1.05 bits per heavy atom. The lowest BCUT2D eigenvalue weighted by atomic mass is 9.97. The number of carbonyl (C=O) groups is 2. The third kappa shape index (κ3) is 2.43. The van der Waals surface area contributed by atoms with Crippen molar-refractivity contribution in [2.75, 3.05) is 0 Å². The van der Waals surface area contributed by atoms with Crippen LogP contribution in [0.2, 0.25) is 0 Å². The van der Waals surface area contributed by atoms with Gasteiger partial charge in [-0.2, -0.15) is 0 Å². The molecule has 0 saturated heterocycles. The molecule has 0 fully saturated rings. The number of hydrogen-bond donors (Lipinski definition) is 0. The van der Waals surface area contributed by atoms with Gasteiger partial charge in [-0.05, 0) is 11.1 Å². The smallest absolute Gasteiger partial charge is 0.267 e. The molecule has 0 atom stereocenters. The van der Waals surface area contributed by atoms with E-state index in [0.29, 0.717) is 0 Å². The lowest BCUT2D eigenvalue weighted by Crippen LogP contribution is -2.35. The van der Waals surface area contributed by atoms with Gasteiger partial charge in [0.1, 0.15) is 10.1 Å². The summed E-state index contributed by atoms with van der Waals surface area (Å²) in [7, 11) is 0. The van der Waals surface area contributed by atoms with Gasteiger partial charge in [-0.1, -0.05) is 83.9 Å². The number of amides is 2. The normalized spacial score (nSPS) is 15.1. The maximum Gasteiger partial charge on any atom is 0.274 e. The Balaban J connectivity index is 2.12. The third-order valence-electron chi connectivity index (χ3n) is 3.49. The van der Waals surface area contributed by atoms with Gasteiger partial charge in [0.15, 0.2) is 0 Å². The maximum absolute atomic E-state index is 12.3. The van der Waals surface area contributed by atoms with E-state index in [0.717, 1.165) is 16.0 Å². The predicted molar refractivity (Wildman–Crippen MR) is 85.3 cm³/mol. The molecule has 0 saturated carbocycles. The summed E-state index contributed by atoms with van der Waals surface area (Å²) < 4.78 is 0. The minimum atomic E-state index is -0.575. The quantitative estimate of drug-likeness (QED) is 0.801. The van der Waals surface area contributed by atoms with Crippen molar-refractivity contribution in [3.8, 4) is 0 Å². The zero-order valence-corrected chi connectivity index (χ0v) is 12.9. The summed E-state index contributed by atoms with van der Waals surface area (Å²) in [5, 5.41) is -0.466. The van der Waals surface area contributed by atoms with E-state index in [4.69, 9.17) is 23.2 Å². The summed E-state index contributed by atoms with van der Waals surface area (Å²) in [6, 6.07) is 18.0. The fourth-order valence-electron chi connectivity index (χ4n) is 2.49. The number of nitrogens with zero attached hydrogens (tertiary/aromatic N) is 1. The minimum absolute atomic E-state index is 0.233. The van der Waals surface area contributed by atoms with Crippen LogP contribution in [0.25, 0.3) is 0 Å². The highest BCUT2D eigenvalue weighted by molar-refractivity contribution is 6.58. The Morgan fingerprint density at radius 3 is 1.41 bits per heavy atom. The number of rotatable bonds is 3. The van der Waals surface area contributed by atoms with Crippen molar-refractivity contribution in [3.05, 3.63) is 81.9 Å². The van der Waals surface area contributed by atoms with Gasteiger partial charge in [-0.25, -0.2) is 0 Å². The van der Waals surface area contributed by atoms with Crippen LogP contribution in [0, 0.1) is 0 Å². The van der Waals surface area contributed by atoms with Gasteiger partial charge in [-0.15, -0.1) is 0 Å². The molecular formula is C17H11Cl2NO2. The predicted octanol–water partition coefficient (Wildman–Crippen LogP) is 3.83. The molecule has 0 unspecified atom stereocenters. The Hall–Kier alpha value is -2.10. The summed E-state index contributed by atoms with van der Waals surface area (Å²) in [4.78, 5) is 25.8. The second-order valence-corrected chi connectivity index (χ2v) is 5.59. The van der Waals surface area contributed by atoms with Gasteiger partial charge in [0, 0.05) is 0 Å². The first-order chi connectivity index (χ1) is 10.6. The molecule has 2 aromatic carbocycles. The summed E-state index contributed by atoms with van der Waals surface area (Å²) in [5.41, 5.74) is 1.62. The van der Waals surface area contributed by atoms with E-state index in [1.165, 1.54) is 0 Å². The first kappa shape index (κ1) is 14.8. The fraction of sp³-hybridized carbons (Fsp3) is 0.0588. The molecule has 0 radical (unpaired) electrons. The molecule has 0 aromatic heterocycles. The van der Waals surface area contributed by atoms with E-state index in [9.17, 15) is 9.59 Å². The highest BCUT2D eigenvalue weighted by Gasteiger charge is 2.42. The third-order valence-corrected chi connectivity index (χ3v) is 4.29. The molecule has 3 nitrogen and oxygen atoms in total. The van der Waals surface area contributed by atoms with Crippen molar-refractivity contribution < 1.29 is 9.59 Å². The number of hydrogen-bond acceptors (Lipinski definition) is 2. The first-order valence-electron chi connectivity index (χ1n) is 6.64. The van der Waals surface area contributed by atoms with E-state index < -0.39 is 17.9 Å². The first-order valence-corrected chi connectivity index (χ1v) is 7.40. The van der Waals surface area contributed by atoms with E-state index in [2.05, 4.69) is 0 Å². The topological polar surface area (TPSA) is 37.4 Å². The Bertz CT molecular complexity index is 693. The number of imide groups is 1. The lowest BCUT2D eigenvalue weighted by Gasteiger charge is -2.27. The van der Waals surface area contributed by atoms with E-state index in [1.54, 1.807) is 0 Å². The van der Waals surface area contributed by atoms with E-state index in [-0.39, 0.29) is 10.1 Å². The van der Waals surface area contributed by atoms with Crippen molar-refractivity contribution in [2.24, 2.45) is 0 Å². The molecule has 1 aliphatic rings. The highest BCUT2D eigenvalue weighted by atomic mass is 35.5. The van der Waals surface area contributed by atoms with Crippen LogP contribution in [0.4, 0.5) is 0 Å². The van der Waals surface area contributed by atoms with Crippen molar-refractivity contribution in [3.63, 3.8) is 0 Å². The number of carbonyl (C=O) groups excluding carboxylic acids is 2. The molecule has 3 rings (SSSR count). The zero-order valence-electron chi connectivity index (χ0n) is 11.4. The summed E-state index contributed by atoms with van der Waals surface area (Å²) in [6.45, 7) is 0. The molecule has 5 heteroatoms. The van der Waals surface area contributed by atoms with Crippen LogP contribution in [0.1, 0.15) is 17.2 Å². The van der Waals surface area contributed by atoms with Gasteiger partial charge in [0.05, 0.1) is 6.04 Å². The number of benzene rings is 2. The van der Waals surface area contributed by atoms with Gasteiger partial charge in [-0.3, -0.25) is 14.5 Å². The SMILES string of the molecule is O=C1C(Cl)=C(Cl)C(=O)N1C(c1ccccc1)c1ccccc1. The van der Waals surface area contributed by atoms with Crippen molar-refractivity contribution in [1.82, 2.24) is 4.90 Å². The summed E-state index contributed by atoms with van der Waals surface area (Å²) >= 11 is 11.7. The summed E-state index contributed by atoms with van der Waals surface area (Å²) in [5.74, 6) is -1.15. The standard InChI is InChI=1S/C17H11Cl2NO2/c18-13-14(19)17(22)20(16(13)21)15(11-7-3-1-4-8-11)12-9-5-2-6-10-12/h1-10,15H. The minimum Gasteiger partial charge on any atom is -0.267 e. The van der Waals surface area contributed by atoms with E-state index >= 15 is 0 Å². The van der Waals surface area contributed by atoms with Gasteiger partial charge in [0.25, 0.3) is 11.8 Å². The molecule has 0 N–H and O–H groups in total. The molecule has 2 aromatic rings. The Labute approximate surface area is 137 Å². The summed E-state index contributed by atoms with van der Waals surface area (Å²) in [6.07, 6.45) is 0. The Kier molecular flexibility index (Phi) is 4.01. The lowest BCUT2D eigenvalue weighted by molar-refractivity contribution is -0.139. The molecule has 0 aliphatic carbocycles. The van der Waals surface area contributed by atoms with Crippen LogP contribution < -0.4 is 0 Å². The number of halogens is 2. The fourth-order valence-corrected chi connectivity index (χ4v) is 2.83. The second-order valence-electron chi connectivity index (χ2n) is 4.83. The largest absolute Gasteiger partial charge is 0.274 e. The zero-order chi connectivity index (χ0) is 15.7. The van der Waals surface area contributed by atoms with Crippen LogP contribution in [0.3, 0.4) is 0 Å². The van der Waals surface area contributed by atoms with Crippen LogP contribution in [0.15, 0.2) is 70.7 Å². The van der Waals surface area contributed by atoms with Crippen LogP contribution in [0.5, 0.6) is 0 Å². The van der Waals surface area contributed by atoms with Gasteiger partial charge < -0.3 is 0 Å². The highest BCUT2D eigenvalue weighted by Crippen LogP contribution is 2.37. The molecular weight excluding hydrogens is 321 g/mol. The van der Waals surface area contributed by atoms with Crippen LogP contribution in [-0.2, 0) is 9.59 Å². The van der Waals surface area contributed by atoms with Crippen molar-refractivity contribution in [2.45, 2.75) is 6.04 Å². The molecule has 2 amide bonds. The van der Waals surface area contributed by atoms with Crippen LogP contribution >= 0.6 is 23.2 Å². The monoisotopic (exact) mass is 331 g/mol. The average Bonchev–Trinajstić information content (AvgIpc) is 2.75. The molecule has 1 heterocycles. The molecule has 1 aliphatic heterocycles. The van der Waals surface area contributed by atoms with Crippen LogP contribution in [-0.4, -0.2) is 16.7 Å². The molecule has 0 spiro atoms. The second kappa shape index (κ2) is 5.95. The average molecular weight is 332 g/mol. The van der Waals surface area contributed by atoms with Crippen molar-refractivity contribution in [1.29, 1.82) is 0 Å². The molecule has 22 heavy (non-hydrogen) atoms. The molecule has 0 bridgehead atoms. The van der Waals surface area contributed by atoms with E-state index in [1.807, 2.05) is 60.7 Å². The van der Waals surface area contributed by atoms with Gasteiger partial charge >= 0.3 is 0 Å². The van der Waals surface area contributed by atoms with Crippen molar-refractivity contribution >= 4 is 35.0 Å².